The Labute approximate surface area is 132 Å². The molecule has 7 heteroatoms. The number of benzene rings is 1. The third-order valence-corrected chi connectivity index (χ3v) is 3.47. The number of halogens is 1. The number of carbonyl (C=O) groups is 2. The molecule has 0 spiro atoms. The van der Waals surface area contributed by atoms with Crippen LogP contribution in [0.15, 0.2) is 18.2 Å². The number of carboxylic acids is 1. The lowest BCUT2D eigenvalue weighted by molar-refractivity contribution is -0.136. The summed E-state index contributed by atoms with van der Waals surface area (Å²) in [6.07, 6.45) is 1.07. The number of aryl methyl sites for hydroxylation is 3. The Kier molecular flexibility index (Phi) is 4.82. The van der Waals surface area contributed by atoms with E-state index in [4.69, 9.17) is 21.4 Å². The first kappa shape index (κ1) is 16.0. The van der Waals surface area contributed by atoms with Gasteiger partial charge in [-0.15, -0.1) is 0 Å². The molecule has 2 rings (SSSR count). The largest absolute Gasteiger partial charge is 0.481 e. The summed E-state index contributed by atoms with van der Waals surface area (Å²) in [4.78, 5) is 21.8. The zero-order valence-corrected chi connectivity index (χ0v) is 12.9. The first-order chi connectivity index (χ1) is 10.4. The van der Waals surface area contributed by atoms with E-state index in [1.54, 1.807) is 32.2 Å². The second-order valence-electron chi connectivity index (χ2n) is 4.81. The van der Waals surface area contributed by atoms with Crippen molar-refractivity contribution < 1.29 is 19.4 Å². The Morgan fingerprint density at radius 1 is 1.50 bits per heavy atom. The zero-order valence-electron chi connectivity index (χ0n) is 12.2. The number of carbonyl (C=O) groups excluding carboxylic acids is 1. The van der Waals surface area contributed by atoms with E-state index in [0.717, 1.165) is 5.56 Å². The van der Waals surface area contributed by atoms with Crippen LogP contribution >= 0.6 is 11.6 Å². The number of aldehydes is 1. The molecule has 0 fully saturated rings. The predicted molar refractivity (Wildman–Crippen MR) is 80.8 cm³/mol. The van der Waals surface area contributed by atoms with Crippen LogP contribution in [0.25, 0.3) is 0 Å². The molecular formula is C15H15ClN2O4. The van der Waals surface area contributed by atoms with Crippen LogP contribution in [0.4, 0.5) is 0 Å². The van der Waals surface area contributed by atoms with Gasteiger partial charge >= 0.3 is 5.97 Å². The van der Waals surface area contributed by atoms with Crippen LogP contribution in [0.1, 0.15) is 28.0 Å². The lowest BCUT2D eigenvalue weighted by Crippen LogP contribution is -1.99. The van der Waals surface area contributed by atoms with Crippen LogP contribution in [0.2, 0.25) is 5.02 Å². The average molecular weight is 323 g/mol. The molecular weight excluding hydrogens is 308 g/mol. The van der Waals surface area contributed by atoms with E-state index in [9.17, 15) is 9.59 Å². The summed E-state index contributed by atoms with van der Waals surface area (Å²) in [5, 5.41) is 13.2. The van der Waals surface area contributed by atoms with Gasteiger partial charge in [0.1, 0.15) is 5.75 Å². The predicted octanol–water partition coefficient (Wildman–Crippen LogP) is 3.00. The van der Waals surface area contributed by atoms with Crippen LogP contribution in [-0.4, -0.2) is 27.1 Å². The van der Waals surface area contributed by atoms with E-state index in [1.165, 1.54) is 4.68 Å². The summed E-state index contributed by atoms with van der Waals surface area (Å²) >= 11 is 6.10. The molecule has 0 aliphatic carbocycles. The van der Waals surface area contributed by atoms with Crippen molar-refractivity contribution in [3.05, 3.63) is 40.0 Å². The fourth-order valence-corrected chi connectivity index (χ4v) is 2.20. The molecule has 1 aromatic carbocycles. The first-order valence-corrected chi connectivity index (χ1v) is 6.97. The van der Waals surface area contributed by atoms with E-state index in [0.29, 0.717) is 40.6 Å². The molecule has 0 saturated carbocycles. The number of aliphatic carboxylic acids is 1. The summed E-state index contributed by atoms with van der Waals surface area (Å²) in [6, 6.07) is 5.05. The summed E-state index contributed by atoms with van der Waals surface area (Å²) < 4.78 is 7.18. The van der Waals surface area contributed by atoms with Gasteiger partial charge in [0.2, 0.25) is 5.88 Å². The van der Waals surface area contributed by atoms with E-state index >= 15 is 0 Å². The monoisotopic (exact) mass is 322 g/mol. The van der Waals surface area contributed by atoms with Gasteiger partial charge in [0.15, 0.2) is 6.29 Å². The number of rotatable bonds is 6. The SMILES string of the molecule is Cc1nn(C)c(Oc2cc(CCC(=O)O)ccc2Cl)c1C=O. The lowest BCUT2D eigenvalue weighted by Gasteiger charge is -2.10. The molecule has 0 saturated heterocycles. The second kappa shape index (κ2) is 6.62. The topological polar surface area (TPSA) is 81.4 Å². The van der Waals surface area contributed by atoms with Gasteiger partial charge in [-0.25, -0.2) is 4.68 Å². The second-order valence-corrected chi connectivity index (χ2v) is 5.21. The Bertz CT molecular complexity index is 725. The van der Waals surface area contributed by atoms with E-state index in [2.05, 4.69) is 5.10 Å². The minimum Gasteiger partial charge on any atom is -0.481 e. The molecule has 0 unspecified atom stereocenters. The highest BCUT2D eigenvalue weighted by Crippen LogP contribution is 2.32. The van der Waals surface area contributed by atoms with Gasteiger partial charge in [0.05, 0.1) is 16.3 Å². The molecule has 0 radical (unpaired) electrons. The minimum atomic E-state index is -0.872. The highest BCUT2D eigenvalue weighted by atomic mass is 35.5. The van der Waals surface area contributed by atoms with Gasteiger partial charge in [-0.1, -0.05) is 17.7 Å². The van der Waals surface area contributed by atoms with Crippen molar-refractivity contribution in [3.8, 4) is 11.6 Å². The number of hydrogen-bond donors (Lipinski definition) is 1. The van der Waals surface area contributed by atoms with Crippen molar-refractivity contribution in [2.75, 3.05) is 0 Å². The maximum atomic E-state index is 11.1. The Balaban J connectivity index is 2.31. The van der Waals surface area contributed by atoms with Gasteiger partial charge < -0.3 is 9.84 Å². The van der Waals surface area contributed by atoms with Crippen LogP contribution in [0, 0.1) is 6.92 Å². The standard InChI is InChI=1S/C15H15ClN2O4/c1-9-11(8-19)15(18(2)17-9)22-13-7-10(3-5-12(13)16)4-6-14(20)21/h3,5,7-8H,4,6H2,1-2H3,(H,20,21). The highest BCUT2D eigenvalue weighted by Gasteiger charge is 2.16. The molecule has 6 nitrogen and oxygen atoms in total. The number of nitrogens with zero attached hydrogens (tertiary/aromatic N) is 2. The first-order valence-electron chi connectivity index (χ1n) is 6.59. The Morgan fingerprint density at radius 3 is 2.86 bits per heavy atom. The number of carboxylic acid groups (broad SMARTS) is 1. The molecule has 0 aliphatic rings. The van der Waals surface area contributed by atoms with Crippen LogP contribution < -0.4 is 4.74 Å². The van der Waals surface area contributed by atoms with E-state index < -0.39 is 5.97 Å². The average Bonchev–Trinajstić information content (AvgIpc) is 2.73. The van der Waals surface area contributed by atoms with Crippen LogP contribution in [-0.2, 0) is 18.3 Å². The van der Waals surface area contributed by atoms with Gasteiger partial charge in [-0.2, -0.15) is 5.10 Å². The van der Waals surface area contributed by atoms with Crippen molar-refractivity contribution in [3.63, 3.8) is 0 Å². The molecule has 0 aliphatic heterocycles. The van der Waals surface area contributed by atoms with Crippen LogP contribution in [0.3, 0.4) is 0 Å². The molecule has 0 amide bonds. The van der Waals surface area contributed by atoms with Crippen molar-refractivity contribution in [2.45, 2.75) is 19.8 Å². The maximum absolute atomic E-state index is 11.1. The lowest BCUT2D eigenvalue weighted by atomic mass is 10.1. The van der Waals surface area contributed by atoms with Crippen LogP contribution in [0.5, 0.6) is 11.6 Å². The van der Waals surface area contributed by atoms with E-state index in [-0.39, 0.29) is 6.42 Å². The summed E-state index contributed by atoms with van der Waals surface area (Å²) in [7, 11) is 1.66. The summed E-state index contributed by atoms with van der Waals surface area (Å²) in [5.41, 5.74) is 1.70. The fourth-order valence-electron chi connectivity index (χ4n) is 2.05. The van der Waals surface area contributed by atoms with Crippen molar-refractivity contribution in [2.24, 2.45) is 7.05 Å². The molecule has 22 heavy (non-hydrogen) atoms. The molecule has 1 heterocycles. The van der Waals surface area contributed by atoms with Gasteiger partial charge in [-0.05, 0) is 31.0 Å². The van der Waals surface area contributed by atoms with Crippen molar-refractivity contribution >= 4 is 23.9 Å². The minimum absolute atomic E-state index is 0.0193. The van der Waals surface area contributed by atoms with Gasteiger partial charge in [0.25, 0.3) is 0 Å². The smallest absolute Gasteiger partial charge is 0.303 e. The van der Waals surface area contributed by atoms with Gasteiger partial charge in [-0.3, -0.25) is 9.59 Å². The Hall–Kier alpha value is -2.34. The number of aromatic nitrogens is 2. The number of hydrogen-bond acceptors (Lipinski definition) is 4. The molecule has 0 atom stereocenters. The molecule has 2 aromatic rings. The molecule has 1 aromatic heterocycles. The van der Waals surface area contributed by atoms with Crippen molar-refractivity contribution in [1.82, 2.24) is 9.78 Å². The quantitative estimate of drug-likeness (QED) is 0.827. The third kappa shape index (κ3) is 3.46. The molecule has 116 valence electrons. The van der Waals surface area contributed by atoms with E-state index in [1.807, 2.05) is 0 Å². The number of ether oxygens (including phenoxy) is 1. The Morgan fingerprint density at radius 2 is 2.23 bits per heavy atom. The molecule has 0 bridgehead atoms. The molecule has 1 N–H and O–H groups in total. The summed E-state index contributed by atoms with van der Waals surface area (Å²) in [6.45, 7) is 1.71. The third-order valence-electron chi connectivity index (χ3n) is 3.16. The highest BCUT2D eigenvalue weighted by molar-refractivity contribution is 6.32. The normalized spacial score (nSPS) is 10.5. The maximum Gasteiger partial charge on any atom is 0.303 e. The zero-order chi connectivity index (χ0) is 16.3. The fraction of sp³-hybridized carbons (Fsp3) is 0.267. The van der Waals surface area contributed by atoms with Crippen molar-refractivity contribution in [1.29, 1.82) is 0 Å². The van der Waals surface area contributed by atoms with Gasteiger partial charge in [0, 0.05) is 13.5 Å². The summed E-state index contributed by atoms with van der Waals surface area (Å²) in [5.74, 6) is -0.219.